The molecule has 3 aromatic rings. The number of nitrogens with one attached hydrogen (secondary N) is 1. The Morgan fingerprint density at radius 2 is 1.55 bits per heavy atom. The summed E-state index contributed by atoms with van der Waals surface area (Å²) < 4.78 is 2.00. The van der Waals surface area contributed by atoms with Crippen LogP contribution in [0.15, 0.2) is 54.2 Å². The van der Waals surface area contributed by atoms with E-state index in [9.17, 15) is 14.4 Å². The van der Waals surface area contributed by atoms with Crippen molar-refractivity contribution in [1.29, 1.82) is 0 Å². The van der Waals surface area contributed by atoms with E-state index in [0.29, 0.717) is 5.69 Å². The molecule has 1 aromatic carbocycles. The van der Waals surface area contributed by atoms with Gasteiger partial charge in [0.25, 0.3) is 11.8 Å². The second-order valence-corrected chi connectivity index (χ2v) is 12.6. The Morgan fingerprint density at radius 3 is 2.17 bits per heavy atom. The van der Waals surface area contributed by atoms with Crippen LogP contribution >= 0.6 is 0 Å². The Hall–Kier alpha value is -4.00. The van der Waals surface area contributed by atoms with Gasteiger partial charge in [-0.25, -0.2) is 14.7 Å². The van der Waals surface area contributed by atoms with E-state index in [1.54, 1.807) is 12.3 Å². The Kier molecular flexibility index (Phi) is 5.63. The Bertz CT molecular complexity index is 1560. The zero-order valence-electron chi connectivity index (χ0n) is 23.2. The van der Waals surface area contributed by atoms with Gasteiger partial charge >= 0.3 is 6.03 Å². The molecule has 4 amide bonds. The summed E-state index contributed by atoms with van der Waals surface area (Å²) in [6.07, 6.45) is 11.2. The van der Waals surface area contributed by atoms with Gasteiger partial charge in [-0.2, -0.15) is 0 Å². The van der Waals surface area contributed by atoms with Gasteiger partial charge in [-0.3, -0.25) is 14.9 Å². The largest absolute Gasteiger partial charge is 0.335 e. The van der Waals surface area contributed by atoms with Crippen LogP contribution in [0, 0.1) is 38.5 Å². The maximum atomic E-state index is 13.6. The van der Waals surface area contributed by atoms with Crippen LogP contribution in [0.25, 0.3) is 11.9 Å². The van der Waals surface area contributed by atoms with E-state index in [1.807, 2.05) is 55.7 Å². The lowest BCUT2D eigenvalue weighted by Crippen LogP contribution is -2.54. The molecule has 5 aliphatic rings. The molecule has 3 heterocycles. The number of hydrogen-bond acceptors (Lipinski definition) is 4. The van der Waals surface area contributed by atoms with Crippen molar-refractivity contribution in [2.45, 2.75) is 64.7 Å². The third-order valence-electron chi connectivity index (χ3n) is 9.78. The Labute approximate surface area is 234 Å². The molecule has 204 valence electrons. The van der Waals surface area contributed by atoms with E-state index in [-0.39, 0.29) is 11.0 Å². The minimum Gasteiger partial charge on any atom is -0.303 e. The summed E-state index contributed by atoms with van der Waals surface area (Å²) in [6, 6.07) is 13.1. The zero-order chi connectivity index (χ0) is 27.8. The molecule has 8 rings (SSSR count). The van der Waals surface area contributed by atoms with Crippen molar-refractivity contribution in [3.8, 4) is 5.82 Å². The minimum atomic E-state index is -0.718. The number of rotatable bonds is 4. The number of pyridine rings is 1. The van der Waals surface area contributed by atoms with Gasteiger partial charge in [-0.15, -0.1) is 0 Å². The van der Waals surface area contributed by atoms with Crippen molar-refractivity contribution in [3.05, 3.63) is 82.3 Å². The summed E-state index contributed by atoms with van der Waals surface area (Å²) in [5, 5.41) is 2.37. The normalized spacial score (nSPS) is 28.5. The molecule has 7 nitrogen and oxygen atoms in total. The number of urea groups is 1. The van der Waals surface area contributed by atoms with Crippen LogP contribution in [0.3, 0.4) is 0 Å². The fourth-order valence-corrected chi connectivity index (χ4v) is 8.40. The van der Waals surface area contributed by atoms with Crippen LogP contribution in [0.1, 0.15) is 66.6 Å². The van der Waals surface area contributed by atoms with E-state index in [1.165, 1.54) is 44.1 Å². The minimum absolute atomic E-state index is 0.0674. The third kappa shape index (κ3) is 3.94. The van der Waals surface area contributed by atoms with E-state index in [4.69, 9.17) is 0 Å². The Morgan fingerprint density at radius 1 is 0.900 bits per heavy atom. The van der Waals surface area contributed by atoms with Crippen LogP contribution in [0.4, 0.5) is 10.5 Å². The number of aryl methyl sites for hydroxylation is 2. The molecular formula is C33H34N4O3. The molecule has 1 aliphatic heterocycles. The number of aromatic nitrogens is 2. The first-order valence-electron chi connectivity index (χ1n) is 14.3. The van der Waals surface area contributed by atoms with Gasteiger partial charge in [-0.05, 0) is 136 Å². The maximum absolute atomic E-state index is 13.6. The molecule has 0 unspecified atom stereocenters. The molecule has 40 heavy (non-hydrogen) atoms. The highest BCUT2D eigenvalue weighted by Gasteiger charge is 2.51. The molecule has 4 bridgehead atoms. The molecular weight excluding hydrogens is 500 g/mol. The number of amides is 4. The van der Waals surface area contributed by atoms with Crippen LogP contribution in [0.5, 0.6) is 0 Å². The lowest BCUT2D eigenvalue weighted by atomic mass is 9.48. The zero-order valence-corrected chi connectivity index (χ0v) is 23.2. The van der Waals surface area contributed by atoms with Gasteiger partial charge in [0.05, 0.1) is 5.69 Å². The molecule has 0 atom stereocenters. The van der Waals surface area contributed by atoms with Crippen molar-refractivity contribution in [2.75, 3.05) is 4.90 Å². The van der Waals surface area contributed by atoms with Gasteiger partial charge in [0.1, 0.15) is 11.4 Å². The number of benzene rings is 1. The summed E-state index contributed by atoms with van der Waals surface area (Å²) in [6.45, 7) is 5.90. The number of anilines is 1. The first kappa shape index (κ1) is 25.0. The third-order valence-corrected chi connectivity index (χ3v) is 9.78. The predicted molar refractivity (Wildman–Crippen MR) is 153 cm³/mol. The molecule has 1 N–H and O–H groups in total. The quantitative estimate of drug-likeness (QED) is 0.332. The second kappa shape index (κ2) is 9.01. The van der Waals surface area contributed by atoms with Gasteiger partial charge in [0, 0.05) is 17.6 Å². The highest BCUT2D eigenvalue weighted by molar-refractivity contribution is 6.39. The molecule has 7 heteroatoms. The smallest absolute Gasteiger partial charge is 0.303 e. The van der Waals surface area contributed by atoms with Gasteiger partial charge < -0.3 is 4.57 Å². The highest BCUT2D eigenvalue weighted by atomic mass is 16.2. The topological polar surface area (TPSA) is 84.3 Å². The summed E-state index contributed by atoms with van der Waals surface area (Å²) >= 11 is 0. The van der Waals surface area contributed by atoms with Gasteiger partial charge in [0.2, 0.25) is 0 Å². The van der Waals surface area contributed by atoms with Crippen LogP contribution < -0.4 is 10.2 Å². The SMILES string of the molecule is Cc1ccnc(-n2c(C)cc(/C=C3\C(=O)NC(=O)N(c4ccc(C56CC7CC(CC(C7)C5)C6)cc4)C3=O)c2C)c1. The molecule has 4 aliphatic carbocycles. The number of carbonyl (C=O) groups excluding carboxylic acids is 3. The summed E-state index contributed by atoms with van der Waals surface area (Å²) in [4.78, 5) is 45.0. The first-order chi connectivity index (χ1) is 19.2. The highest BCUT2D eigenvalue weighted by Crippen LogP contribution is 2.60. The van der Waals surface area contributed by atoms with Gasteiger partial charge in [0.15, 0.2) is 0 Å². The van der Waals surface area contributed by atoms with E-state index < -0.39 is 17.8 Å². The fraction of sp³-hybridized carbons (Fsp3) is 0.394. The predicted octanol–water partition coefficient (Wildman–Crippen LogP) is 5.93. The summed E-state index contributed by atoms with van der Waals surface area (Å²) in [5.74, 6) is 1.98. The van der Waals surface area contributed by atoms with Crippen molar-refractivity contribution in [2.24, 2.45) is 17.8 Å². The van der Waals surface area contributed by atoms with Crippen molar-refractivity contribution in [1.82, 2.24) is 14.9 Å². The van der Waals surface area contributed by atoms with Crippen molar-refractivity contribution in [3.63, 3.8) is 0 Å². The van der Waals surface area contributed by atoms with Crippen LogP contribution in [-0.4, -0.2) is 27.4 Å². The van der Waals surface area contributed by atoms with Gasteiger partial charge in [-0.1, -0.05) is 12.1 Å². The van der Waals surface area contributed by atoms with E-state index in [0.717, 1.165) is 51.0 Å². The average molecular weight is 535 g/mol. The molecule has 1 saturated heterocycles. The fourth-order valence-electron chi connectivity index (χ4n) is 8.40. The molecule has 0 spiro atoms. The molecule has 4 saturated carbocycles. The number of nitrogens with zero attached hydrogens (tertiary/aromatic N) is 3. The van der Waals surface area contributed by atoms with E-state index in [2.05, 4.69) is 22.4 Å². The Balaban J connectivity index is 1.19. The van der Waals surface area contributed by atoms with Crippen LogP contribution in [0.2, 0.25) is 0 Å². The first-order valence-corrected chi connectivity index (χ1v) is 14.3. The number of hydrogen-bond donors (Lipinski definition) is 1. The number of imide groups is 2. The van der Waals surface area contributed by atoms with Crippen molar-refractivity contribution < 1.29 is 14.4 Å². The van der Waals surface area contributed by atoms with Crippen LogP contribution in [-0.2, 0) is 15.0 Å². The second-order valence-electron chi connectivity index (χ2n) is 12.6. The maximum Gasteiger partial charge on any atom is 0.335 e. The molecule has 5 fully saturated rings. The average Bonchev–Trinajstić information content (AvgIpc) is 3.18. The van der Waals surface area contributed by atoms with E-state index >= 15 is 0 Å². The monoisotopic (exact) mass is 534 g/mol. The molecule has 0 radical (unpaired) electrons. The standard InChI is InChI=1S/C33H34N4O3/c1-19-8-9-34-29(10-19)36-20(2)11-25(21(36)3)15-28-30(38)35-32(40)37(31(28)39)27-6-4-26(5-7-27)33-16-22-12-23(17-33)14-24(13-22)18-33/h4-11,15,22-24H,12-14,16-18H2,1-3H3,(H,35,38,40)/b28-15+. The molecule has 2 aromatic heterocycles. The number of barbiturate groups is 1. The summed E-state index contributed by atoms with van der Waals surface area (Å²) in [5.41, 5.74) is 5.56. The van der Waals surface area contributed by atoms with Crippen molar-refractivity contribution >= 4 is 29.6 Å². The summed E-state index contributed by atoms with van der Waals surface area (Å²) in [7, 11) is 0. The lowest BCUT2D eigenvalue weighted by Gasteiger charge is -2.57. The number of carbonyl (C=O) groups is 3. The lowest BCUT2D eigenvalue weighted by molar-refractivity contribution is -0.122.